The number of amides is 1. The van der Waals surface area contributed by atoms with E-state index in [9.17, 15) is 18.7 Å². The van der Waals surface area contributed by atoms with Crippen molar-refractivity contribution in [2.45, 2.75) is 65.9 Å². The quantitative estimate of drug-likeness (QED) is 0.484. The van der Waals surface area contributed by atoms with E-state index in [1.54, 1.807) is 0 Å². The van der Waals surface area contributed by atoms with Crippen LogP contribution < -0.4 is 0 Å². The Bertz CT molecular complexity index is 935. The third kappa shape index (κ3) is 9.80. The molecule has 2 fully saturated rings. The lowest BCUT2D eigenvalue weighted by Crippen LogP contribution is -2.43. The maximum atomic E-state index is 12.9. The topological polar surface area (TPSA) is 47.0 Å². The number of hydrogen-bond donors (Lipinski definition) is 1. The standard InChI is InChI=1S/C19H27N3O2.C6H4F2.C5H12/c1-3-18(19(24)21-12-8-17(23)9-13-21)22-14-16(7-6-15(22)2)20-10-4-5-11-20;7-5-1-2-6(8)4-3-5;1-4-5(2)3/h3,6-7,14,17,23H,2,4-5,8-13H2,1H3;1-4H;5H,4H2,1-3H3/b18-3-;;. The average molecular weight is 516 g/mol. The van der Waals surface area contributed by atoms with Crippen LogP contribution >= 0.6 is 0 Å². The summed E-state index contributed by atoms with van der Waals surface area (Å²) >= 11 is 0. The molecule has 5 nitrogen and oxygen atoms in total. The summed E-state index contributed by atoms with van der Waals surface area (Å²) in [6.07, 6.45) is 12.7. The zero-order valence-electron chi connectivity index (χ0n) is 22.8. The third-order valence-corrected chi connectivity index (χ3v) is 6.61. The van der Waals surface area contributed by atoms with E-state index in [4.69, 9.17) is 0 Å². The third-order valence-electron chi connectivity index (χ3n) is 6.61. The van der Waals surface area contributed by atoms with Gasteiger partial charge in [0.15, 0.2) is 0 Å². The summed E-state index contributed by atoms with van der Waals surface area (Å²) in [6, 6.07) is 4.31. The summed E-state index contributed by atoms with van der Waals surface area (Å²) < 4.78 is 23.8. The molecule has 0 radical (unpaired) electrons. The molecule has 1 amide bonds. The van der Waals surface area contributed by atoms with E-state index in [0.717, 1.165) is 54.7 Å². The maximum Gasteiger partial charge on any atom is 0.270 e. The van der Waals surface area contributed by atoms with Crippen molar-refractivity contribution in [1.29, 1.82) is 0 Å². The first-order valence-electron chi connectivity index (χ1n) is 13.3. The summed E-state index contributed by atoms with van der Waals surface area (Å²) in [4.78, 5) is 19.0. The molecule has 0 saturated carbocycles. The van der Waals surface area contributed by atoms with Crippen LogP contribution in [0, 0.1) is 17.6 Å². The molecule has 1 N–H and O–H groups in total. The highest BCUT2D eigenvalue weighted by molar-refractivity contribution is 5.93. The first-order valence-corrected chi connectivity index (χ1v) is 13.3. The van der Waals surface area contributed by atoms with E-state index in [1.165, 1.54) is 19.3 Å². The number of hydrogen-bond acceptors (Lipinski definition) is 4. The molecule has 0 atom stereocenters. The van der Waals surface area contributed by atoms with Gasteiger partial charge < -0.3 is 19.8 Å². The van der Waals surface area contributed by atoms with Gasteiger partial charge in [0.25, 0.3) is 5.91 Å². The Balaban J connectivity index is 0.000000304. The molecule has 2 saturated heterocycles. The number of aliphatic hydroxyl groups is 1. The molecule has 7 heteroatoms. The van der Waals surface area contributed by atoms with Crippen LogP contribution in [0.15, 0.2) is 72.4 Å². The van der Waals surface area contributed by atoms with Gasteiger partial charge in [-0.3, -0.25) is 4.79 Å². The largest absolute Gasteiger partial charge is 0.393 e. The zero-order chi connectivity index (χ0) is 27.4. The van der Waals surface area contributed by atoms with Crippen LogP contribution in [0.5, 0.6) is 0 Å². The number of benzene rings is 1. The Morgan fingerprint density at radius 3 is 2.03 bits per heavy atom. The zero-order valence-corrected chi connectivity index (χ0v) is 22.8. The molecule has 0 aliphatic carbocycles. The molecule has 3 heterocycles. The second-order valence-corrected chi connectivity index (χ2v) is 9.88. The van der Waals surface area contributed by atoms with E-state index in [-0.39, 0.29) is 12.0 Å². The predicted molar refractivity (Wildman–Crippen MR) is 146 cm³/mol. The Morgan fingerprint density at radius 2 is 1.57 bits per heavy atom. The van der Waals surface area contributed by atoms with E-state index < -0.39 is 11.6 Å². The van der Waals surface area contributed by atoms with Crippen LogP contribution in [0.2, 0.25) is 0 Å². The van der Waals surface area contributed by atoms with Crippen LogP contribution in [0.4, 0.5) is 8.78 Å². The van der Waals surface area contributed by atoms with Crippen LogP contribution in [-0.4, -0.2) is 58.0 Å². The van der Waals surface area contributed by atoms with Crippen LogP contribution in [0.25, 0.3) is 0 Å². The molecular formula is C30H43F2N3O2. The predicted octanol–water partition coefficient (Wildman–Crippen LogP) is 6.21. The average Bonchev–Trinajstić information content (AvgIpc) is 3.43. The summed E-state index contributed by atoms with van der Waals surface area (Å²) in [5.74, 6) is 0.0747. The normalized spacial score (nSPS) is 18.3. The van der Waals surface area contributed by atoms with Crippen molar-refractivity contribution in [1.82, 2.24) is 14.7 Å². The van der Waals surface area contributed by atoms with Gasteiger partial charge in [-0.1, -0.05) is 39.8 Å². The van der Waals surface area contributed by atoms with E-state index >= 15 is 0 Å². The highest BCUT2D eigenvalue weighted by atomic mass is 19.1. The van der Waals surface area contributed by atoms with E-state index in [2.05, 4.69) is 38.3 Å². The van der Waals surface area contributed by atoms with Gasteiger partial charge in [0.05, 0.1) is 11.8 Å². The summed E-state index contributed by atoms with van der Waals surface area (Å²) in [7, 11) is 0. The van der Waals surface area contributed by atoms with Crippen molar-refractivity contribution in [2.75, 3.05) is 26.2 Å². The summed E-state index contributed by atoms with van der Waals surface area (Å²) in [6.45, 7) is 16.0. The number of piperidine rings is 1. The molecule has 1 aromatic rings. The van der Waals surface area contributed by atoms with Crippen LogP contribution in [-0.2, 0) is 4.79 Å². The molecule has 0 aromatic heterocycles. The Kier molecular flexibility index (Phi) is 12.6. The number of carbonyl (C=O) groups is 1. The van der Waals surface area contributed by atoms with E-state index in [1.807, 2.05) is 35.1 Å². The van der Waals surface area contributed by atoms with Crippen LogP contribution in [0.3, 0.4) is 0 Å². The number of carbonyl (C=O) groups excluding carboxylic acids is 1. The van der Waals surface area contributed by atoms with Crippen molar-refractivity contribution >= 4 is 5.91 Å². The SMILES string of the molecule is C=C1C=CC(N2CCCC2)=CN1/C(=C\C)C(=O)N1CCC(O)CC1.CCC(C)C.Fc1ccc(F)cc1. The molecule has 0 spiro atoms. The van der Waals surface area contributed by atoms with E-state index in [0.29, 0.717) is 31.6 Å². The minimum atomic E-state index is -0.411. The number of nitrogens with zero attached hydrogens (tertiary/aromatic N) is 3. The smallest absolute Gasteiger partial charge is 0.270 e. The van der Waals surface area contributed by atoms with Gasteiger partial charge in [0, 0.05) is 38.1 Å². The number of likely N-dealkylation sites (tertiary alicyclic amines) is 2. The molecule has 3 aliphatic rings. The number of aliphatic hydroxyl groups excluding tert-OH is 1. The molecule has 1 aromatic carbocycles. The highest BCUT2D eigenvalue weighted by Gasteiger charge is 2.28. The summed E-state index contributed by atoms with van der Waals surface area (Å²) in [5, 5.41) is 9.65. The van der Waals surface area contributed by atoms with Gasteiger partial charge in [-0.25, -0.2) is 8.78 Å². The second kappa shape index (κ2) is 15.4. The lowest BCUT2D eigenvalue weighted by Gasteiger charge is -2.35. The van der Waals surface area contributed by atoms with Gasteiger partial charge in [-0.05, 0) is 74.9 Å². The fourth-order valence-electron chi connectivity index (χ4n) is 3.93. The maximum absolute atomic E-state index is 12.9. The first-order chi connectivity index (χ1) is 17.7. The molecule has 4 rings (SSSR count). The fraction of sp³-hybridized carbons (Fsp3) is 0.500. The molecule has 3 aliphatic heterocycles. The summed E-state index contributed by atoms with van der Waals surface area (Å²) in [5.41, 5.74) is 2.58. The molecule has 37 heavy (non-hydrogen) atoms. The number of halogens is 2. The Morgan fingerprint density at radius 1 is 1.05 bits per heavy atom. The number of rotatable bonds is 4. The molecule has 0 bridgehead atoms. The minimum Gasteiger partial charge on any atom is -0.393 e. The van der Waals surface area contributed by atoms with Gasteiger partial charge in [-0.15, -0.1) is 0 Å². The van der Waals surface area contributed by atoms with Gasteiger partial charge >= 0.3 is 0 Å². The van der Waals surface area contributed by atoms with Crippen molar-refractivity contribution in [3.05, 3.63) is 84.0 Å². The molecule has 204 valence electrons. The Hall–Kier alpha value is -2.93. The van der Waals surface area contributed by atoms with Crippen molar-refractivity contribution in [2.24, 2.45) is 5.92 Å². The molecule has 0 unspecified atom stereocenters. The highest BCUT2D eigenvalue weighted by Crippen LogP contribution is 2.26. The fourth-order valence-corrected chi connectivity index (χ4v) is 3.93. The van der Waals surface area contributed by atoms with Gasteiger partial charge in [0.1, 0.15) is 17.3 Å². The van der Waals surface area contributed by atoms with Crippen molar-refractivity contribution < 1.29 is 18.7 Å². The van der Waals surface area contributed by atoms with Crippen LogP contribution in [0.1, 0.15) is 59.8 Å². The number of allylic oxidation sites excluding steroid dienone is 3. The Labute approximate surface area is 221 Å². The van der Waals surface area contributed by atoms with Gasteiger partial charge in [-0.2, -0.15) is 0 Å². The van der Waals surface area contributed by atoms with Crippen molar-refractivity contribution in [3.8, 4) is 0 Å². The van der Waals surface area contributed by atoms with Gasteiger partial charge in [0.2, 0.25) is 0 Å². The second-order valence-electron chi connectivity index (χ2n) is 9.88. The lowest BCUT2D eigenvalue weighted by atomic mass is 10.1. The molecular weight excluding hydrogens is 472 g/mol. The first kappa shape index (κ1) is 30.3. The lowest BCUT2D eigenvalue weighted by molar-refractivity contribution is -0.130. The van der Waals surface area contributed by atoms with Crippen molar-refractivity contribution in [3.63, 3.8) is 0 Å². The minimum absolute atomic E-state index is 0.0119. The monoisotopic (exact) mass is 515 g/mol.